The zero-order valence-electron chi connectivity index (χ0n) is 7.91. The summed E-state index contributed by atoms with van der Waals surface area (Å²) in [6, 6.07) is 3.39. The molecule has 0 aliphatic rings. The van der Waals surface area contributed by atoms with Crippen LogP contribution in [-0.2, 0) is 12.6 Å². The molecule has 0 aliphatic heterocycles. The van der Waals surface area contributed by atoms with Crippen LogP contribution in [0.4, 0.5) is 13.2 Å². The molecule has 0 aliphatic carbocycles. The number of pyridine rings is 1. The third-order valence-electron chi connectivity index (χ3n) is 2.08. The Morgan fingerprint density at radius 1 is 1.40 bits per heavy atom. The molecule has 0 atom stereocenters. The van der Waals surface area contributed by atoms with Crippen LogP contribution in [-0.4, -0.2) is 14.6 Å². The van der Waals surface area contributed by atoms with E-state index in [-0.39, 0.29) is 5.65 Å². The predicted octanol–water partition coefficient (Wildman–Crippen LogP) is 2.31. The fourth-order valence-corrected chi connectivity index (χ4v) is 1.36. The van der Waals surface area contributed by atoms with E-state index in [4.69, 9.17) is 0 Å². The molecule has 0 unspecified atom stereocenters. The van der Waals surface area contributed by atoms with Gasteiger partial charge in [-0.1, -0.05) is 13.0 Å². The van der Waals surface area contributed by atoms with Crippen LogP contribution in [0.25, 0.3) is 5.65 Å². The predicted molar refractivity (Wildman–Crippen MR) is 47.4 cm³/mol. The third-order valence-corrected chi connectivity index (χ3v) is 2.08. The van der Waals surface area contributed by atoms with Gasteiger partial charge >= 0.3 is 6.18 Å². The molecule has 2 rings (SSSR count). The molecular formula is C9H8F3N3. The number of nitrogens with zero attached hydrogens (tertiary/aromatic N) is 3. The quantitative estimate of drug-likeness (QED) is 0.730. The Hall–Kier alpha value is -1.59. The molecule has 0 radical (unpaired) electrons. The van der Waals surface area contributed by atoms with Gasteiger partial charge in [-0.25, -0.2) is 9.50 Å². The van der Waals surface area contributed by atoms with Crippen LogP contribution in [0.2, 0.25) is 0 Å². The second-order valence-electron chi connectivity index (χ2n) is 3.09. The van der Waals surface area contributed by atoms with E-state index < -0.39 is 12.0 Å². The summed E-state index contributed by atoms with van der Waals surface area (Å²) in [5.41, 5.74) is 1.02. The van der Waals surface area contributed by atoms with Gasteiger partial charge in [0.15, 0.2) is 5.65 Å². The van der Waals surface area contributed by atoms with Crippen molar-refractivity contribution in [2.45, 2.75) is 19.5 Å². The largest absolute Gasteiger partial charge is 0.453 e. The molecule has 2 heterocycles. The lowest BCUT2D eigenvalue weighted by Gasteiger charge is -1.97. The minimum Gasteiger partial charge on any atom is -0.220 e. The van der Waals surface area contributed by atoms with Gasteiger partial charge in [0.05, 0.1) is 0 Å². The summed E-state index contributed by atoms with van der Waals surface area (Å²) in [6.07, 6.45) is -2.41. The SMILES string of the molecule is CCc1cccn2nc(C(F)(F)F)nc12. The van der Waals surface area contributed by atoms with Gasteiger partial charge < -0.3 is 0 Å². The molecule has 0 aromatic carbocycles. The lowest BCUT2D eigenvalue weighted by molar-refractivity contribution is -0.144. The zero-order chi connectivity index (χ0) is 11.1. The Balaban J connectivity index is 2.65. The molecule has 2 aromatic rings. The van der Waals surface area contributed by atoms with Crippen LogP contribution in [0.15, 0.2) is 18.3 Å². The van der Waals surface area contributed by atoms with E-state index in [9.17, 15) is 13.2 Å². The van der Waals surface area contributed by atoms with Crippen LogP contribution < -0.4 is 0 Å². The van der Waals surface area contributed by atoms with Gasteiger partial charge in [-0.3, -0.25) is 0 Å². The van der Waals surface area contributed by atoms with Crippen molar-refractivity contribution in [3.05, 3.63) is 29.7 Å². The van der Waals surface area contributed by atoms with Gasteiger partial charge in [-0.15, -0.1) is 5.10 Å². The third kappa shape index (κ3) is 1.67. The average Bonchev–Trinajstić information content (AvgIpc) is 2.59. The first-order chi connectivity index (χ1) is 7.02. The molecule has 2 aromatic heterocycles. The zero-order valence-corrected chi connectivity index (χ0v) is 7.91. The molecule has 0 spiro atoms. The number of hydrogen-bond acceptors (Lipinski definition) is 2. The van der Waals surface area contributed by atoms with Gasteiger partial charge in [0.1, 0.15) is 0 Å². The van der Waals surface area contributed by atoms with Gasteiger partial charge in [0.2, 0.25) is 0 Å². The summed E-state index contributed by atoms with van der Waals surface area (Å²) in [4.78, 5) is 3.48. The molecular weight excluding hydrogens is 207 g/mol. The molecule has 0 amide bonds. The second-order valence-corrected chi connectivity index (χ2v) is 3.09. The van der Waals surface area contributed by atoms with E-state index in [0.29, 0.717) is 6.42 Å². The average molecular weight is 215 g/mol. The fraction of sp³-hybridized carbons (Fsp3) is 0.333. The second kappa shape index (κ2) is 3.22. The van der Waals surface area contributed by atoms with Gasteiger partial charge in [-0.2, -0.15) is 13.2 Å². The molecule has 0 saturated carbocycles. The number of aromatic nitrogens is 3. The summed E-state index contributed by atoms with van der Waals surface area (Å²) < 4.78 is 38.1. The van der Waals surface area contributed by atoms with Gasteiger partial charge in [0, 0.05) is 6.20 Å². The number of halogens is 3. The van der Waals surface area contributed by atoms with Crippen molar-refractivity contribution in [3.63, 3.8) is 0 Å². The van der Waals surface area contributed by atoms with E-state index >= 15 is 0 Å². The number of alkyl halides is 3. The maximum absolute atomic E-state index is 12.3. The minimum atomic E-state index is -4.49. The summed E-state index contributed by atoms with van der Waals surface area (Å²) in [7, 11) is 0. The molecule has 0 saturated heterocycles. The first-order valence-corrected chi connectivity index (χ1v) is 4.44. The summed E-state index contributed by atoms with van der Waals surface area (Å²) in [5.74, 6) is -1.09. The summed E-state index contributed by atoms with van der Waals surface area (Å²) in [6.45, 7) is 1.86. The molecule has 0 fully saturated rings. The Bertz CT molecular complexity index is 487. The highest BCUT2D eigenvalue weighted by molar-refractivity contribution is 5.46. The van der Waals surface area contributed by atoms with E-state index in [1.165, 1.54) is 6.20 Å². The van der Waals surface area contributed by atoms with E-state index in [1.54, 1.807) is 12.1 Å². The molecule has 80 valence electrons. The maximum atomic E-state index is 12.3. The van der Waals surface area contributed by atoms with E-state index in [2.05, 4.69) is 10.1 Å². The van der Waals surface area contributed by atoms with Crippen molar-refractivity contribution in [1.82, 2.24) is 14.6 Å². The standard InChI is InChI=1S/C9H8F3N3/c1-2-6-4-3-5-15-7(6)13-8(14-15)9(10,11)12/h3-5H,2H2,1H3. The van der Waals surface area contributed by atoms with Crippen LogP contribution >= 0.6 is 0 Å². The van der Waals surface area contributed by atoms with Crippen molar-refractivity contribution >= 4 is 5.65 Å². The summed E-state index contributed by atoms with van der Waals surface area (Å²) in [5, 5.41) is 3.37. The first kappa shape index (κ1) is 9.95. The van der Waals surface area contributed by atoms with E-state index in [0.717, 1.165) is 10.1 Å². The highest BCUT2D eigenvalue weighted by Gasteiger charge is 2.36. The van der Waals surface area contributed by atoms with Crippen LogP contribution in [0.1, 0.15) is 18.3 Å². The van der Waals surface area contributed by atoms with E-state index in [1.807, 2.05) is 6.92 Å². The maximum Gasteiger partial charge on any atom is 0.453 e. The van der Waals surface area contributed by atoms with Crippen molar-refractivity contribution in [3.8, 4) is 0 Å². The smallest absolute Gasteiger partial charge is 0.220 e. The lowest BCUT2D eigenvalue weighted by atomic mass is 10.2. The normalized spacial score (nSPS) is 12.3. The highest BCUT2D eigenvalue weighted by atomic mass is 19.4. The lowest BCUT2D eigenvalue weighted by Crippen LogP contribution is -2.07. The molecule has 3 nitrogen and oxygen atoms in total. The van der Waals surface area contributed by atoms with Crippen molar-refractivity contribution in [1.29, 1.82) is 0 Å². The Morgan fingerprint density at radius 3 is 2.73 bits per heavy atom. The topological polar surface area (TPSA) is 30.2 Å². The molecule has 15 heavy (non-hydrogen) atoms. The number of fused-ring (bicyclic) bond motifs is 1. The van der Waals surface area contributed by atoms with Crippen molar-refractivity contribution < 1.29 is 13.2 Å². The van der Waals surface area contributed by atoms with Crippen LogP contribution in [0, 0.1) is 0 Å². The van der Waals surface area contributed by atoms with Gasteiger partial charge in [-0.05, 0) is 18.1 Å². The number of rotatable bonds is 1. The number of aryl methyl sites for hydroxylation is 1. The van der Waals surface area contributed by atoms with Gasteiger partial charge in [0.25, 0.3) is 5.82 Å². The molecule has 0 N–H and O–H groups in total. The Kier molecular flexibility index (Phi) is 2.13. The van der Waals surface area contributed by atoms with Crippen LogP contribution in [0.5, 0.6) is 0 Å². The summed E-state index contributed by atoms with van der Waals surface area (Å²) >= 11 is 0. The minimum absolute atomic E-state index is 0.271. The Morgan fingerprint density at radius 2 is 2.13 bits per heavy atom. The fourth-order valence-electron chi connectivity index (χ4n) is 1.36. The molecule has 6 heteroatoms. The Labute approximate surface area is 83.5 Å². The first-order valence-electron chi connectivity index (χ1n) is 4.44. The monoisotopic (exact) mass is 215 g/mol. The van der Waals surface area contributed by atoms with Crippen molar-refractivity contribution in [2.24, 2.45) is 0 Å². The highest BCUT2D eigenvalue weighted by Crippen LogP contribution is 2.26. The number of hydrogen-bond donors (Lipinski definition) is 0. The van der Waals surface area contributed by atoms with Crippen LogP contribution in [0.3, 0.4) is 0 Å². The molecule has 0 bridgehead atoms. The van der Waals surface area contributed by atoms with Crippen molar-refractivity contribution in [2.75, 3.05) is 0 Å².